The second-order valence-corrected chi connectivity index (χ2v) is 12.7. The van der Waals surface area contributed by atoms with Crippen molar-refractivity contribution in [2.75, 3.05) is 0 Å². The summed E-state index contributed by atoms with van der Waals surface area (Å²) in [5.74, 6) is 0. The molecular weight excluding hydrogens is 422 g/mol. The lowest BCUT2D eigenvalue weighted by Gasteiger charge is -2.34. The number of hydrogen-bond donors (Lipinski definition) is 0. The summed E-state index contributed by atoms with van der Waals surface area (Å²) < 4.78 is 35.8. The third kappa shape index (κ3) is 4.10. The topological polar surface area (TPSA) is 43.4 Å². The molecule has 3 nitrogen and oxygen atoms in total. The molecule has 0 aromatic heterocycles. The second kappa shape index (κ2) is 8.81. The fourth-order valence-corrected chi connectivity index (χ4v) is 10.3. The van der Waals surface area contributed by atoms with E-state index in [4.69, 9.17) is 4.31 Å². The van der Waals surface area contributed by atoms with Crippen LogP contribution in [0.5, 0.6) is 0 Å². The molecular formula is C26H24O3P2. The third-order valence-electron chi connectivity index (χ3n) is 5.40. The van der Waals surface area contributed by atoms with E-state index in [-0.39, 0.29) is 0 Å². The number of allylic oxidation sites excluding steroid dienone is 10. The Morgan fingerprint density at radius 3 is 1.35 bits per heavy atom. The van der Waals surface area contributed by atoms with Gasteiger partial charge >= 0.3 is 0 Å². The molecule has 0 saturated carbocycles. The maximum absolute atomic E-state index is 14.7. The summed E-state index contributed by atoms with van der Waals surface area (Å²) in [5.41, 5.74) is 0.112. The van der Waals surface area contributed by atoms with E-state index in [1.54, 1.807) is 24.3 Å². The molecule has 0 radical (unpaired) electrons. The average molecular weight is 446 g/mol. The zero-order valence-corrected chi connectivity index (χ0v) is 18.9. The minimum Gasteiger partial charge on any atom is -0.286 e. The summed E-state index contributed by atoms with van der Waals surface area (Å²) >= 11 is 0. The zero-order chi connectivity index (χ0) is 21.9. The van der Waals surface area contributed by atoms with Crippen molar-refractivity contribution in [2.24, 2.45) is 0 Å². The maximum Gasteiger partial charge on any atom is 0.248 e. The molecule has 0 N–H and O–H groups in total. The van der Waals surface area contributed by atoms with Gasteiger partial charge in [-0.1, -0.05) is 98.2 Å². The highest BCUT2D eigenvalue weighted by Gasteiger charge is 2.47. The van der Waals surface area contributed by atoms with Gasteiger partial charge in [0.1, 0.15) is 0 Å². The smallest absolute Gasteiger partial charge is 0.248 e. The van der Waals surface area contributed by atoms with Gasteiger partial charge in [0.05, 0.1) is 11.3 Å². The lowest BCUT2D eigenvalue weighted by molar-refractivity contribution is 0.466. The van der Waals surface area contributed by atoms with E-state index in [1.165, 1.54) is 0 Å². The molecule has 31 heavy (non-hydrogen) atoms. The monoisotopic (exact) mass is 446 g/mol. The van der Waals surface area contributed by atoms with Gasteiger partial charge in [-0.2, -0.15) is 0 Å². The molecule has 0 spiro atoms. The summed E-state index contributed by atoms with van der Waals surface area (Å²) in [5, 5.41) is 1.02. The van der Waals surface area contributed by atoms with Crippen LogP contribution in [0.4, 0.5) is 0 Å². The van der Waals surface area contributed by atoms with Crippen LogP contribution < -0.4 is 10.6 Å². The van der Waals surface area contributed by atoms with E-state index in [9.17, 15) is 9.13 Å². The Balaban J connectivity index is 1.90. The van der Waals surface area contributed by atoms with E-state index in [1.807, 2.05) is 85.0 Å². The fourth-order valence-electron chi connectivity index (χ4n) is 3.77. The van der Waals surface area contributed by atoms with Crippen molar-refractivity contribution in [3.63, 3.8) is 0 Å². The molecule has 0 bridgehead atoms. The van der Waals surface area contributed by atoms with Crippen LogP contribution >= 0.6 is 14.7 Å². The fraction of sp³-hybridized carbons (Fsp3) is 0.0769. The van der Waals surface area contributed by atoms with Crippen molar-refractivity contribution in [1.82, 2.24) is 0 Å². The molecule has 2 aliphatic carbocycles. The van der Waals surface area contributed by atoms with E-state index >= 15 is 0 Å². The molecule has 0 amide bonds. The molecule has 2 aromatic carbocycles. The van der Waals surface area contributed by atoms with Gasteiger partial charge in [0.15, 0.2) is 0 Å². The predicted molar refractivity (Wildman–Crippen MR) is 131 cm³/mol. The molecule has 4 atom stereocenters. The number of rotatable bonds is 6. The van der Waals surface area contributed by atoms with Crippen LogP contribution in [0.2, 0.25) is 0 Å². The Bertz CT molecular complexity index is 1110. The molecule has 0 fully saturated rings. The van der Waals surface area contributed by atoms with Gasteiger partial charge in [-0.25, -0.2) is 0 Å². The van der Waals surface area contributed by atoms with Crippen molar-refractivity contribution in [1.29, 1.82) is 0 Å². The Morgan fingerprint density at radius 2 is 1.00 bits per heavy atom. The van der Waals surface area contributed by atoms with Crippen LogP contribution in [0.25, 0.3) is 0 Å². The minimum absolute atomic E-state index is 0.512. The Hall–Kier alpha value is -2.70. The van der Waals surface area contributed by atoms with Crippen LogP contribution in [-0.2, 0) is 13.4 Å². The van der Waals surface area contributed by atoms with Gasteiger partial charge in [-0.15, -0.1) is 0 Å². The molecule has 4 rings (SSSR count). The predicted octanol–water partition coefficient (Wildman–Crippen LogP) is 6.31. The molecule has 156 valence electrons. The number of hydrogen-bond acceptors (Lipinski definition) is 3. The molecule has 2 aromatic rings. The lowest BCUT2D eigenvalue weighted by Crippen LogP contribution is -2.25. The minimum atomic E-state index is -3.68. The van der Waals surface area contributed by atoms with Gasteiger partial charge in [0.25, 0.3) is 0 Å². The molecule has 4 unspecified atom stereocenters. The molecule has 0 saturated heterocycles. The quantitative estimate of drug-likeness (QED) is 0.489. The molecule has 5 heteroatoms. The summed E-state index contributed by atoms with van der Waals surface area (Å²) in [6, 6.07) is 18.0. The average Bonchev–Trinajstić information content (AvgIpc) is 2.80. The van der Waals surface area contributed by atoms with Crippen LogP contribution in [0, 0.1) is 0 Å². The third-order valence-corrected chi connectivity index (χ3v) is 11.8. The normalized spacial score (nSPS) is 24.0. The Morgan fingerprint density at radius 1 is 0.613 bits per heavy atom. The van der Waals surface area contributed by atoms with E-state index < -0.39 is 26.1 Å². The van der Waals surface area contributed by atoms with Crippen molar-refractivity contribution >= 4 is 25.3 Å². The highest BCUT2D eigenvalue weighted by atomic mass is 31.2. The van der Waals surface area contributed by atoms with Crippen molar-refractivity contribution in [2.45, 2.75) is 11.3 Å². The van der Waals surface area contributed by atoms with Gasteiger partial charge in [0, 0.05) is 10.6 Å². The van der Waals surface area contributed by atoms with Crippen LogP contribution in [-0.4, -0.2) is 11.3 Å². The van der Waals surface area contributed by atoms with Gasteiger partial charge in [-0.05, 0) is 35.4 Å². The van der Waals surface area contributed by atoms with Crippen LogP contribution in [0.3, 0.4) is 0 Å². The summed E-state index contributed by atoms with van der Waals surface area (Å²) in [6.45, 7) is 8.19. The Labute approximate surface area is 183 Å². The SMILES string of the molecule is C=C1C=CC=CC1P(=O)(OP(=O)(c1ccccc1)C1C=CC=CC1=C)c1ccccc1. The Kier molecular flexibility index (Phi) is 6.12. The summed E-state index contributed by atoms with van der Waals surface area (Å²) in [4.78, 5) is 0. The van der Waals surface area contributed by atoms with Crippen LogP contribution in [0.15, 0.2) is 134 Å². The second-order valence-electron chi connectivity index (χ2n) is 7.47. The van der Waals surface area contributed by atoms with Gasteiger partial charge < -0.3 is 0 Å². The van der Waals surface area contributed by atoms with Crippen molar-refractivity contribution < 1.29 is 13.4 Å². The first-order valence-electron chi connectivity index (χ1n) is 10.0. The zero-order valence-electron chi connectivity index (χ0n) is 17.1. The molecule has 2 aliphatic rings. The van der Waals surface area contributed by atoms with Gasteiger partial charge in [-0.3, -0.25) is 13.4 Å². The first-order valence-corrected chi connectivity index (χ1v) is 13.4. The standard InChI is InChI=1S/C26H24O3P2/c1-21-13-9-11-19-25(21)30(27,23-15-5-3-6-16-23)29-31(28,24-17-7-4-8-18-24)26-20-12-10-14-22(26)2/h3-20,25-26H,1-2H2. The van der Waals surface area contributed by atoms with Gasteiger partial charge in [0.2, 0.25) is 14.7 Å². The molecule has 0 heterocycles. The largest absolute Gasteiger partial charge is 0.286 e. The van der Waals surface area contributed by atoms with E-state index in [0.717, 1.165) is 0 Å². The molecule has 0 aliphatic heterocycles. The number of benzene rings is 2. The van der Waals surface area contributed by atoms with E-state index in [0.29, 0.717) is 21.8 Å². The summed E-state index contributed by atoms with van der Waals surface area (Å²) in [7, 11) is -7.37. The summed E-state index contributed by atoms with van der Waals surface area (Å²) in [6.07, 6.45) is 14.6. The highest BCUT2D eigenvalue weighted by molar-refractivity contribution is 7.80. The highest BCUT2D eigenvalue weighted by Crippen LogP contribution is 2.69. The van der Waals surface area contributed by atoms with Crippen molar-refractivity contribution in [3.8, 4) is 0 Å². The first kappa shape index (κ1) is 21.5. The maximum atomic E-state index is 14.7. The first-order chi connectivity index (χ1) is 14.9. The van der Waals surface area contributed by atoms with Crippen LogP contribution in [0.1, 0.15) is 0 Å². The van der Waals surface area contributed by atoms with E-state index in [2.05, 4.69) is 13.2 Å². The van der Waals surface area contributed by atoms with Crippen molar-refractivity contribution in [3.05, 3.63) is 134 Å². The lowest BCUT2D eigenvalue weighted by atomic mass is 10.1.